The van der Waals surface area contributed by atoms with Crippen molar-refractivity contribution in [3.63, 3.8) is 0 Å². The molecule has 132 valence electrons. The van der Waals surface area contributed by atoms with Crippen LogP contribution in [-0.4, -0.2) is 34.8 Å². The summed E-state index contributed by atoms with van der Waals surface area (Å²) in [6.45, 7) is 3.24. The van der Waals surface area contributed by atoms with Crippen LogP contribution in [0.5, 0.6) is 0 Å². The highest BCUT2D eigenvalue weighted by molar-refractivity contribution is 7.13. The minimum Gasteiger partial charge on any atom is -0.342 e. The van der Waals surface area contributed by atoms with Gasteiger partial charge in [-0.1, -0.05) is 12.8 Å². The van der Waals surface area contributed by atoms with Crippen LogP contribution in [0.4, 0.5) is 5.69 Å². The Morgan fingerprint density at radius 2 is 1.80 bits per heavy atom. The fraction of sp³-hybridized carbons (Fsp3) is 0.421. The van der Waals surface area contributed by atoms with Crippen molar-refractivity contribution in [1.29, 1.82) is 0 Å². The third-order valence-corrected chi connectivity index (χ3v) is 5.24. The molecule has 0 unspecified atom stereocenters. The van der Waals surface area contributed by atoms with E-state index in [0.717, 1.165) is 47.9 Å². The van der Waals surface area contributed by atoms with Gasteiger partial charge in [-0.3, -0.25) is 9.59 Å². The van der Waals surface area contributed by atoms with Crippen molar-refractivity contribution in [2.45, 2.75) is 39.0 Å². The molecule has 1 aliphatic rings. The van der Waals surface area contributed by atoms with Crippen LogP contribution in [0.3, 0.4) is 0 Å². The molecule has 2 amide bonds. The minimum absolute atomic E-state index is 0.0868. The monoisotopic (exact) mass is 357 g/mol. The molecule has 1 aromatic heterocycles. The number of rotatable bonds is 4. The van der Waals surface area contributed by atoms with Crippen molar-refractivity contribution < 1.29 is 9.59 Å². The molecule has 0 atom stereocenters. The summed E-state index contributed by atoms with van der Waals surface area (Å²) in [6, 6.07) is 7.59. The average molecular weight is 357 g/mol. The first-order chi connectivity index (χ1) is 12.1. The Labute approximate surface area is 152 Å². The van der Waals surface area contributed by atoms with Crippen molar-refractivity contribution in [1.82, 2.24) is 9.88 Å². The summed E-state index contributed by atoms with van der Waals surface area (Å²) in [5, 5.41) is 5.61. The largest absolute Gasteiger partial charge is 0.342 e. The number of amides is 2. The average Bonchev–Trinajstić information content (AvgIpc) is 2.88. The summed E-state index contributed by atoms with van der Waals surface area (Å²) in [4.78, 5) is 30.1. The van der Waals surface area contributed by atoms with E-state index >= 15 is 0 Å². The van der Waals surface area contributed by atoms with Crippen LogP contribution >= 0.6 is 11.3 Å². The van der Waals surface area contributed by atoms with Crippen LogP contribution in [0, 0.1) is 0 Å². The highest BCUT2D eigenvalue weighted by atomic mass is 32.1. The molecule has 25 heavy (non-hydrogen) atoms. The number of thiazole rings is 1. The van der Waals surface area contributed by atoms with Crippen molar-refractivity contribution in [2.75, 3.05) is 18.4 Å². The van der Waals surface area contributed by atoms with Gasteiger partial charge in [0.1, 0.15) is 5.01 Å². The maximum Gasteiger partial charge on any atom is 0.228 e. The van der Waals surface area contributed by atoms with E-state index in [0.29, 0.717) is 6.42 Å². The first-order valence-corrected chi connectivity index (χ1v) is 9.60. The molecule has 0 bridgehead atoms. The molecule has 1 N–H and O–H groups in total. The molecular weight excluding hydrogens is 334 g/mol. The molecule has 5 nitrogen and oxygen atoms in total. The number of carbonyl (C=O) groups excluding carboxylic acids is 2. The highest BCUT2D eigenvalue weighted by Gasteiger charge is 2.17. The first kappa shape index (κ1) is 17.6. The minimum atomic E-state index is -0.0868. The summed E-state index contributed by atoms with van der Waals surface area (Å²) >= 11 is 1.55. The van der Waals surface area contributed by atoms with E-state index < -0.39 is 0 Å². The van der Waals surface area contributed by atoms with Gasteiger partial charge in [0, 0.05) is 36.6 Å². The van der Waals surface area contributed by atoms with E-state index in [1.54, 1.807) is 11.3 Å². The van der Waals surface area contributed by atoms with Gasteiger partial charge < -0.3 is 10.2 Å². The quantitative estimate of drug-likeness (QED) is 0.907. The lowest BCUT2D eigenvalue weighted by Gasteiger charge is -2.19. The van der Waals surface area contributed by atoms with E-state index in [1.807, 2.05) is 34.5 Å². The predicted octanol–water partition coefficient (Wildman–Crippen LogP) is 3.71. The van der Waals surface area contributed by atoms with Crippen LogP contribution in [0.25, 0.3) is 10.6 Å². The third kappa shape index (κ3) is 4.89. The lowest BCUT2D eigenvalue weighted by Crippen LogP contribution is -2.33. The fourth-order valence-corrected chi connectivity index (χ4v) is 3.83. The summed E-state index contributed by atoms with van der Waals surface area (Å²) in [5.74, 6) is 0.0936. The molecule has 0 spiro atoms. The number of anilines is 1. The zero-order valence-electron chi connectivity index (χ0n) is 14.5. The molecule has 1 saturated heterocycles. The molecule has 0 radical (unpaired) electrons. The number of benzene rings is 1. The van der Waals surface area contributed by atoms with Gasteiger partial charge in [-0.05, 0) is 37.1 Å². The smallest absolute Gasteiger partial charge is 0.228 e. The van der Waals surface area contributed by atoms with E-state index in [9.17, 15) is 9.59 Å². The van der Waals surface area contributed by atoms with Crippen molar-refractivity contribution >= 4 is 28.8 Å². The van der Waals surface area contributed by atoms with Gasteiger partial charge >= 0.3 is 0 Å². The Kier molecular flexibility index (Phi) is 5.81. The number of nitrogens with one attached hydrogen (secondary N) is 1. The van der Waals surface area contributed by atoms with Crippen LogP contribution in [-0.2, 0) is 16.0 Å². The maximum atomic E-state index is 12.5. The van der Waals surface area contributed by atoms with Gasteiger partial charge in [0.05, 0.1) is 12.1 Å². The lowest BCUT2D eigenvalue weighted by atomic mass is 10.2. The van der Waals surface area contributed by atoms with Gasteiger partial charge in [0.2, 0.25) is 11.8 Å². The second-order valence-corrected chi connectivity index (χ2v) is 7.23. The first-order valence-electron chi connectivity index (χ1n) is 8.72. The van der Waals surface area contributed by atoms with Gasteiger partial charge in [-0.2, -0.15) is 0 Å². The third-order valence-electron chi connectivity index (χ3n) is 4.30. The Bertz CT molecular complexity index is 731. The number of aromatic nitrogens is 1. The molecule has 2 heterocycles. The van der Waals surface area contributed by atoms with E-state index in [-0.39, 0.29) is 11.8 Å². The van der Waals surface area contributed by atoms with Gasteiger partial charge in [0.15, 0.2) is 0 Å². The standard InChI is InChI=1S/C19H23N3O2S/c1-14(23)20-16-8-6-15(7-9-16)19-21-17(13-25-19)12-18(24)22-10-4-2-3-5-11-22/h6-9,13H,2-5,10-12H2,1H3,(H,20,23). The van der Waals surface area contributed by atoms with Crippen LogP contribution < -0.4 is 5.32 Å². The van der Waals surface area contributed by atoms with Gasteiger partial charge in [0.25, 0.3) is 0 Å². The molecule has 0 aliphatic carbocycles. The fourth-order valence-electron chi connectivity index (χ4n) is 3.01. The Morgan fingerprint density at radius 1 is 1.12 bits per heavy atom. The van der Waals surface area contributed by atoms with Crippen LogP contribution in [0.1, 0.15) is 38.3 Å². The lowest BCUT2D eigenvalue weighted by molar-refractivity contribution is -0.130. The molecule has 1 fully saturated rings. The SMILES string of the molecule is CC(=O)Nc1ccc(-c2nc(CC(=O)N3CCCCCC3)cs2)cc1. The topological polar surface area (TPSA) is 62.3 Å². The Balaban J connectivity index is 1.63. The Morgan fingerprint density at radius 3 is 2.44 bits per heavy atom. The van der Waals surface area contributed by atoms with Crippen LogP contribution in [0.2, 0.25) is 0 Å². The summed E-state index contributed by atoms with van der Waals surface area (Å²) in [6.07, 6.45) is 5.03. The summed E-state index contributed by atoms with van der Waals surface area (Å²) < 4.78 is 0. The van der Waals surface area contributed by atoms with Crippen molar-refractivity contribution in [3.05, 3.63) is 35.3 Å². The van der Waals surface area contributed by atoms with Crippen molar-refractivity contribution in [3.8, 4) is 10.6 Å². The molecule has 6 heteroatoms. The van der Waals surface area contributed by atoms with E-state index in [1.165, 1.54) is 19.8 Å². The summed E-state index contributed by atoms with van der Waals surface area (Å²) in [5.41, 5.74) is 2.59. The zero-order valence-corrected chi connectivity index (χ0v) is 15.3. The zero-order chi connectivity index (χ0) is 17.6. The second-order valence-electron chi connectivity index (χ2n) is 6.37. The highest BCUT2D eigenvalue weighted by Crippen LogP contribution is 2.25. The maximum absolute atomic E-state index is 12.5. The van der Waals surface area contributed by atoms with E-state index in [4.69, 9.17) is 0 Å². The molecule has 2 aromatic rings. The molecule has 0 saturated carbocycles. The predicted molar refractivity (Wildman–Crippen MR) is 101 cm³/mol. The Hall–Kier alpha value is -2.21. The van der Waals surface area contributed by atoms with Gasteiger partial charge in [-0.15, -0.1) is 11.3 Å². The normalized spacial score (nSPS) is 14.8. The molecule has 1 aromatic carbocycles. The van der Waals surface area contributed by atoms with Crippen molar-refractivity contribution in [2.24, 2.45) is 0 Å². The molecule has 3 rings (SSSR count). The second kappa shape index (κ2) is 8.25. The summed E-state index contributed by atoms with van der Waals surface area (Å²) in [7, 11) is 0. The number of likely N-dealkylation sites (tertiary alicyclic amines) is 1. The molecule has 1 aliphatic heterocycles. The number of nitrogens with zero attached hydrogens (tertiary/aromatic N) is 2. The number of carbonyl (C=O) groups is 2. The molecular formula is C19H23N3O2S. The van der Waals surface area contributed by atoms with E-state index in [2.05, 4.69) is 10.3 Å². The van der Waals surface area contributed by atoms with Gasteiger partial charge in [-0.25, -0.2) is 4.98 Å². The van der Waals surface area contributed by atoms with Crippen LogP contribution in [0.15, 0.2) is 29.6 Å². The number of hydrogen-bond acceptors (Lipinski definition) is 4. The number of hydrogen-bond donors (Lipinski definition) is 1.